The quantitative estimate of drug-likeness (QED) is 0.724. The topological polar surface area (TPSA) is 60.9 Å². The van der Waals surface area contributed by atoms with E-state index in [1.165, 1.54) is 22.3 Å². The highest BCUT2D eigenvalue weighted by Crippen LogP contribution is 2.31. The highest BCUT2D eigenvalue weighted by Gasteiger charge is 2.17. The van der Waals surface area contributed by atoms with Gasteiger partial charge in [0.05, 0.1) is 5.52 Å². The lowest BCUT2D eigenvalue weighted by molar-refractivity contribution is 0.0996. The van der Waals surface area contributed by atoms with E-state index in [0.717, 1.165) is 23.5 Å². The molecule has 1 aromatic carbocycles. The Kier molecular flexibility index (Phi) is 4.40. The van der Waals surface area contributed by atoms with Gasteiger partial charge in [-0.1, -0.05) is 38.4 Å². The summed E-state index contributed by atoms with van der Waals surface area (Å²) >= 11 is 7.58. The van der Waals surface area contributed by atoms with Crippen molar-refractivity contribution in [2.75, 3.05) is 0 Å². The molecule has 0 saturated carbocycles. The third kappa shape index (κ3) is 3.47. The predicted octanol–water partition coefficient (Wildman–Crippen LogP) is 4.82. The van der Waals surface area contributed by atoms with E-state index in [1.807, 2.05) is 16.7 Å². The number of nitrogens with two attached hydrogens (primary N) is 1. The standard InChI is InChI=1S/C18H20ClN3OS/c1-18(2,3)7-6-11-9-22(15-8-12(19)4-5-13(11)15)17-21-14(10-24-17)16(20)23/h4-5,8-10H,6-7H2,1-3H3,(H2,20,23). The summed E-state index contributed by atoms with van der Waals surface area (Å²) in [5, 5.41) is 4.25. The summed E-state index contributed by atoms with van der Waals surface area (Å²) in [5.74, 6) is -0.514. The fourth-order valence-electron chi connectivity index (χ4n) is 2.63. The Balaban J connectivity index is 2.09. The molecular weight excluding hydrogens is 342 g/mol. The van der Waals surface area contributed by atoms with Gasteiger partial charge in [-0.3, -0.25) is 9.36 Å². The Bertz CT molecular complexity index is 905. The number of carbonyl (C=O) groups is 1. The van der Waals surface area contributed by atoms with Crippen LogP contribution in [0.1, 0.15) is 43.2 Å². The summed E-state index contributed by atoms with van der Waals surface area (Å²) < 4.78 is 2.00. The van der Waals surface area contributed by atoms with Gasteiger partial charge in [0, 0.05) is 22.0 Å². The van der Waals surface area contributed by atoms with Crippen LogP contribution in [0.5, 0.6) is 0 Å². The maximum Gasteiger partial charge on any atom is 0.268 e. The maximum atomic E-state index is 11.3. The molecule has 0 fully saturated rings. The van der Waals surface area contributed by atoms with Crippen LogP contribution in [0.3, 0.4) is 0 Å². The molecule has 0 saturated heterocycles. The molecule has 24 heavy (non-hydrogen) atoms. The van der Waals surface area contributed by atoms with Crippen LogP contribution in [0.2, 0.25) is 5.02 Å². The smallest absolute Gasteiger partial charge is 0.268 e. The van der Waals surface area contributed by atoms with Crippen LogP contribution >= 0.6 is 22.9 Å². The molecule has 3 aromatic rings. The lowest BCUT2D eigenvalue weighted by Gasteiger charge is -2.17. The van der Waals surface area contributed by atoms with Crippen molar-refractivity contribution in [2.45, 2.75) is 33.6 Å². The van der Waals surface area contributed by atoms with Crippen LogP contribution in [0.4, 0.5) is 0 Å². The van der Waals surface area contributed by atoms with E-state index >= 15 is 0 Å². The largest absolute Gasteiger partial charge is 0.364 e. The number of amides is 1. The molecule has 0 aliphatic carbocycles. The first kappa shape index (κ1) is 17.0. The van der Waals surface area contributed by atoms with Crippen LogP contribution in [0.25, 0.3) is 16.0 Å². The fourth-order valence-corrected chi connectivity index (χ4v) is 3.59. The monoisotopic (exact) mass is 361 g/mol. The number of carbonyl (C=O) groups excluding carboxylic acids is 1. The Hall–Kier alpha value is -1.85. The zero-order valence-electron chi connectivity index (χ0n) is 14.0. The number of rotatable bonds is 4. The summed E-state index contributed by atoms with van der Waals surface area (Å²) in [7, 11) is 0. The van der Waals surface area contributed by atoms with Crippen molar-refractivity contribution in [1.29, 1.82) is 0 Å². The zero-order valence-corrected chi connectivity index (χ0v) is 15.5. The van der Waals surface area contributed by atoms with E-state index in [9.17, 15) is 4.79 Å². The van der Waals surface area contributed by atoms with Gasteiger partial charge in [0.25, 0.3) is 5.91 Å². The van der Waals surface area contributed by atoms with E-state index in [-0.39, 0.29) is 11.1 Å². The second-order valence-corrected chi connectivity index (χ2v) is 8.40. The van der Waals surface area contributed by atoms with Crippen LogP contribution in [0, 0.1) is 5.41 Å². The number of benzene rings is 1. The van der Waals surface area contributed by atoms with Gasteiger partial charge in [0.1, 0.15) is 5.69 Å². The van der Waals surface area contributed by atoms with Gasteiger partial charge in [0.15, 0.2) is 5.13 Å². The summed E-state index contributed by atoms with van der Waals surface area (Å²) in [5.41, 5.74) is 8.12. The Morgan fingerprint density at radius 1 is 1.38 bits per heavy atom. The zero-order chi connectivity index (χ0) is 17.5. The number of hydrogen-bond acceptors (Lipinski definition) is 3. The molecule has 2 heterocycles. The molecule has 0 bridgehead atoms. The number of thiazole rings is 1. The minimum atomic E-state index is -0.514. The Morgan fingerprint density at radius 2 is 2.12 bits per heavy atom. The Morgan fingerprint density at radius 3 is 2.75 bits per heavy atom. The van der Waals surface area contributed by atoms with E-state index in [1.54, 1.807) is 5.38 Å². The minimum absolute atomic E-state index is 0.265. The summed E-state index contributed by atoms with van der Waals surface area (Å²) in [6.07, 6.45) is 4.15. The summed E-state index contributed by atoms with van der Waals surface area (Å²) in [6.45, 7) is 6.72. The third-order valence-electron chi connectivity index (χ3n) is 3.95. The predicted molar refractivity (Wildman–Crippen MR) is 100 cm³/mol. The van der Waals surface area contributed by atoms with E-state index < -0.39 is 5.91 Å². The number of aromatic nitrogens is 2. The molecule has 0 atom stereocenters. The highest BCUT2D eigenvalue weighted by molar-refractivity contribution is 7.12. The number of fused-ring (bicyclic) bond motifs is 1. The van der Waals surface area contributed by atoms with Crippen molar-refractivity contribution in [1.82, 2.24) is 9.55 Å². The second-order valence-electron chi connectivity index (χ2n) is 7.13. The van der Waals surface area contributed by atoms with Crippen LogP contribution < -0.4 is 5.73 Å². The molecule has 2 N–H and O–H groups in total. The number of hydrogen-bond donors (Lipinski definition) is 1. The van der Waals surface area contributed by atoms with Crippen LogP contribution in [0.15, 0.2) is 29.8 Å². The first-order valence-electron chi connectivity index (χ1n) is 7.80. The molecule has 2 aromatic heterocycles. The fraction of sp³-hybridized carbons (Fsp3) is 0.333. The Labute approximate surface area is 150 Å². The molecule has 0 aliphatic heterocycles. The number of primary amides is 1. The SMILES string of the molecule is CC(C)(C)CCc1cn(-c2nc(C(N)=O)cs2)c2cc(Cl)ccc12. The van der Waals surface area contributed by atoms with Gasteiger partial charge in [-0.15, -0.1) is 11.3 Å². The number of aryl methyl sites for hydroxylation is 1. The normalized spacial score (nSPS) is 12.0. The van der Waals surface area contributed by atoms with Crippen molar-refractivity contribution in [3.8, 4) is 5.13 Å². The lowest BCUT2D eigenvalue weighted by Crippen LogP contribution is -2.11. The highest BCUT2D eigenvalue weighted by atomic mass is 35.5. The van der Waals surface area contributed by atoms with Gasteiger partial charge in [-0.25, -0.2) is 4.98 Å². The molecule has 0 unspecified atom stereocenters. The van der Waals surface area contributed by atoms with Gasteiger partial charge in [-0.05, 0) is 36.0 Å². The minimum Gasteiger partial charge on any atom is -0.364 e. The van der Waals surface area contributed by atoms with Gasteiger partial charge in [0.2, 0.25) is 0 Å². The van der Waals surface area contributed by atoms with Crippen LogP contribution in [-0.4, -0.2) is 15.5 Å². The molecule has 0 aliphatic rings. The molecule has 0 spiro atoms. The van der Waals surface area contributed by atoms with Crippen molar-refractivity contribution in [3.63, 3.8) is 0 Å². The molecule has 0 radical (unpaired) electrons. The second kappa shape index (κ2) is 6.22. The first-order chi connectivity index (χ1) is 11.2. The van der Waals surface area contributed by atoms with Gasteiger partial charge < -0.3 is 5.73 Å². The van der Waals surface area contributed by atoms with Gasteiger partial charge >= 0.3 is 0 Å². The van der Waals surface area contributed by atoms with E-state index in [0.29, 0.717) is 5.02 Å². The molecule has 4 nitrogen and oxygen atoms in total. The van der Waals surface area contributed by atoms with Crippen molar-refractivity contribution < 1.29 is 4.79 Å². The van der Waals surface area contributed by atoms with E-state index in [4.69, 9.17) is 17.3 Å². The summed E-state index contributed by atoms with van der Waals surface area (Å²) in [6, 6.07) is 5.89. The molecule has 1 amide bonds. The first-order valence-corrected chi connectivity index (χ1v) is 9.05. The average molecular weight is 362 g/mol. The average Bonchev–Trinajstić information content (AvgIpc) is 3.08. The molecule has 126 valence electrons. The lowest BCUT2D eigenvalue weighted by atomic mass is 9.89. The summed E-state index contributed by atoms with van der Waals surface area (Å²) in [4.78, 5) is 15.7. The van der Waals surface area contributed by atoms with Crippen molar-refractivity contribution in [2.24, 2.45) is 11.1 Å². The van der Waals surface area contributed by atoms with E-state index in [2.05, 4.69) is 38.0 Å². The molecule has 6 heteroatoms. The molecular formula is C18H20ClN3OS. The number of nitrogens with zero attached hydrogens (tertiary/aromatic N) is 2. The maximum absolute atomic E-state index is 11.3. The number of halogens is 1. The molecule has 3 rings (SSSR count). The van der Waals surface area contributed by atoms with Crippen LogP contribution in [-0.2, 0) is 6.42 Å². The van der Waals surface area contributed by atoms with Crippen molar-refractivity contribution >= 4 is 39.7 Å². The van der Waals surface area contributed by atoms with Crippen molar-refractivity contribution in [3.05, 3.63) is 46.1 Å². The van der Waals surface area contributed by atoms with Gasteiger partial charge in [-0.2, -0.15) is 0 Å². The third-order valence-corrected chi connectivity index (χ3v) is 5.02.